The van der Waals surface area contributed by atoms with Crippen molar-refractivity contribution in [1.29, 1.82) is 0 Å². The fraction of sp³-hybridized carbons (Fsp3) is 0.182. The van der Waals surface area contributed by atoms with Crippen LogP contribution in [0.3, 0.4) is 0 Å². The number of ether oxygens (including phenoxy) is 1. The maximum atomic E-state index is 12.8. The molecule has 2 aromatic carbocycles. The summed E-state index contributed by atoms with van der Waals surface area (Å²) in [5.41, 5.74) is 2.84. The molecule has 0 unspecified atom stereocenters. The van der Waals surface area contributed by atoms with Crippen molar-refractivity contribution in [2.24, 2.45) is 0 Å². The lowest BCUT2D eigenvalue weighted by Gasteiger charge is -2.09. The summed E-state index contributed by atoms with van der Waals surface area (Å²) in [4.78, 5) is 29.9. The SMILES string of the molecule is COc1ccc(-c2cc3nn(CC(=O)Nc4c(C)cccc4Cl)c(=O)n3c(C)n2)cc1. The van der Waals surface area contributed by atoms with E-state index in [-0.39, 0.29) is 6.54 Å². The van der Waals surface area contributed by atoms with E-state index in [9.17, 15) is 9.59 Å². The quantitative estimate of drug-likeness (QED) is 0.516. The predicted molar refractivity (Wildman–Crippen MR) is 119 cm³/mol. The highest BCUT2D eigenvalue weighted by Gasteiger charge is 2.16. The first kappa shape index (κ1) is 20.6. The molecule has 2 heterocycles. The van der Waals surface area contributed by atoms with E-state index in [2.05, 4.69) is 15.4 Å². The average Bonchev–Trinajstić information content (AvgIpc) is 3.06. The number of halogens is 1. The average molecular weight is 438 g/mol. The minimum atomic E-state index is -0.438. The summed E-state index contributed by atoms with van der Waals surface area (Å²) in [5.74, 6) is 0.812. The van der Waals surface area contributed by atoms with Gasteiger partial charge in [-0.25, -0.2) is 18.9 Å². The summed E-state index contributed by atoms with van der Waals surface area (Å²) in [6, 6.07) is 14.5. The van der Waals surface area contributed by atoms with Gasteiger partial charge in [-0.05, 0) is 49.7 Å². The zero-order valence-corrected chi connectivity index (χ0v) is 18.0. The van der Waals surface area contributed by atoms with Gasteiger partial charge in [0.1, 0.15) is 18.1 Å². The normalized spacial score (nSPS) is 11.0. The molecule has 0 aliphatic rings. The first-order valence-electron chi connectivity index (χ1n) is 9.54. The van der Waals surface area contributed by atoms with Crippen LogP contribution >= 0.6 is 11.6 Å². The van der Waals surface area contributed by atoms with Crippen LogP contribution < -0.4 is 15.7 Å². The number of nitrogens with one attached hydrogen (secondary N) is 1. The number of amides is 1. The number of methoxy groups -OCH3 is 1. The third-order valence-electron chi connectivity index (χ3n) is 4.90. The molecule has 0 aliphatic heterocycles. The van der Waals surface area contributed by atoms with Crippen LogP contribution in [0.2, 0.25) is 5.02 Å². The van der Waals surface area contributed by atoms with Gasteiger partial charge in [0.15, 0.2) is 5.65 Å². The van der Waals surface area contributed by atoms with E-state index in [1.54, 1.807) is 32.2 Å². The molecule has 0 bridgehead atoms. The van der Waals surface area contributed by atoms with Gasteiger partial charge in [0.25, 0.3) is 0 Å². The predicted octanol–water partition coefficient (Wildman–Crippen LogP) is 3.48. The second-order valence-electron chi connectivity index (χ2n) is 7.03. The highest BCUT2D eigenvalue weighted by Crippen LogP contribution is 2.25. The summed E-state index contributed by atoms with van der Waals surface area (Å²) in [5, 5.41) is 7.51. The number of hydrogen-bond donors (Lipinski definition) is 1. The largest absolute Gasteiger partial charge is 0.497 e. The zero-order valence-electron chi connectivity index (χ0n) is 17.2. The standard InChI is InChI=1S/C22H20ClN5O3/c1-13-5-4-6-17(23)21(13)25-20(29)12-27-22(30)28-14(2)24-18(11-19(28)26-27)15-7-9-16(31-3)10-8-15/h4-11H,12H2,1-3H3,(H,25,29). The molecule has 8 nitrogen and oxygen atoms in total. The van der Waals surface area contributed by atoms with Crippen LogP contribution in [0.15, 0.2) is 53.3 Å². The van der Waals surface area contributed by atoms with Crippen molar-refractivity contribution in [3.63, 3.8) is 0 Å². The number of hydrogen-bond acceptors (Lipinski definition) is 5. The molecule has 9 heteroatoms. The van der Waals surface area contributed by atoms with Gasteiger partial charge >= 0.3 is 5.69 Å². The monoisotopic (exact) mass is 437 g/mol. The van der Waals surface area contributed by atoms with Gasteiger partial charge < -0.3 is 10.1 Å². The Morgan fingerprint density at radius 3 is 2.58 bits per heavy atom. The Balaban J connectivity index is 1.65. The third kappa shape index (κ3) is 4.02. The molecule has 4 rings (SSSR count). The van der Waals surface area contributed by atoms with Crippen molar-refractivity contribution in [2.75, 3.05) is 12.4 Å². The first-order chi connectivity index (χ1) is 14.9. The Labute approximate surface area is 183 Å². The molecule has 2 aromatic heterocycles. The third-order valence-corrected chi connectivity index (χ3v) is 5.22. The second-order valence-corrected chi connectivity index (χ2v) is 7.44. The topological polar surface area (TPSA) is 90.5 Å². The second kappa shape index (κ2) is 8.23. The number of nitrogens with zero attached hydrogens (tertiary/aromatic N) is 4. The lowest BCUT2D eigenvalue weighted by atomic mass is 10.1. The van der Waals surface area contributed by atoms with Crippen LogP contribution in [-0.4, -0.2) is 32.2 Å². The van der Waals surface area contributed by atoms with Gasteiger partial charge in [0.2, 0.25) is 5.91 Å². The number of fused-ring (bicyclic) bond motifs is 1. The molecule has 0 atom stereocenters. The highest BCUT2D eigenvalue weighted by molar-refractivity contribution is 6.33. The number of rotatable bonds is 5. The maximum absolute atomic E-state index is 12.8. The van der Waals surface area contributed by atoms with Gasteiger partial charge in [-0.3, -0.25) is 4.79 Å². The van der Waals surface area contributed by atoms with Crippen LogP contribution in [0.4, 0.5) is 5.69 Å². The van der Waals surface area contributed by atoms with Crippen LogP contribution in [0, 0.1) is 13.8 Å². The molecule has 158 valence electrons. The molecular formula is C22H20ClN5O3. The lowest BCUT2D eigenvalue weighted by molar-refractivity contribution is -0.117. The smallest absolute Gasteiger partial charge is 0.352 e. The van der Waals surface area contributed by atoms with Gasteiger partial charge in [0.05, 0.1) is 23.5 Å². The highest BCUT2D eigenvalue weighted by atomic mass is 35.5. The van der Waals surface area contributed by atoms with E-state index in [0.29, 0.717) is 27.9 Å². The number of carbonyl (C=O) groups is 1. The Kier molecular flexibility index (Phi) is 5.48. The number of para-hydroxylation sites is 1. The molecule has 1 amide bonds. The van der Waals surface area contributed by atoms with Gasteiger partial charge in [-0.15, -0.1) is 5.10 Å². The number of carbonyl (C=O) groups excluding carboxylic acids is 1. The Morgan fingerprint density at radius 1 is 1.16 bits per heavy atom. The summed E-state index contributed by atoms with van der Waals surface area (Å²) in [6.07, 6.45) is 0. The minimum Gasteiger partial charge on any atom is -0.497 e. The number of anilines is 1. The number of aryl methyl sites for hydroxylation is 2. The fourth-order valence-electron chi connectivity index (χ4n) is 3.32. The summed E-state index contributed by atoms with van der Waals surface area (Å²) in [7, 11) is 1.60. The van der Waals surface area contributed by atoms with Crippen molar-refractivity contribution < 1.29 is 9.53 Å². The van der Waals surface area contributed by atoms with E-state index in [1.807, 2.05) is 37.3 Å². The van der Waals surface area contributed by atoms with Crippen molar-refractivity contribution in [2.45, 2.75) is 20.4 Å². The van der Waals surface area contributed by atoms with E-state index < -0.39 is 11.6 Å². The molecule has 0 radical (unpaired) electrons. The molecule has 0 aliphatic carbocycles. The van der Waals surface area contributed by atoms with E-state index in [0.717, 1.165) is 21.6 Å². The molecule has 0 spiro atoms. The van der Waals surface area contributed by atoms with Crippen LogP contribution in [0.25, 0.3) is 16.9 Å². The molecule has 31 heavy (non-hydrogen) atoms. The Hall–Kier alpha value is -3.65. The van der Waals surface area contributed by atoms with Crippen molar-refractivity contribution in [1.82, 2.24) is 19.2 Å². The van der Waals surface area contributed by atoms with Gasteiger partial charge in [-0.2, -0.15) is 0 Å². The van der Waals surface area contributed by atoms with E-state index in [1.165, 1.54) is 4.40 Å². The van der Waals surface area contributed by atoms with Crippen LogP contribution in [0.1, 0.15) is 11.4 Å². The van der Waals surface area contributed by atoms with Crippen molar-refractivity contribution >= 4 is 28.8 Å². The van der Waals surface area contributed by atoms with E-state index in [4.69, 9.17) is 16.3 Å². The van der Waals surface area contributed by atoms with Crippen molar-refractivity contribution in [3.05, 3.63) is 75.4 Å². The molecule has 0 saturated heterocycles. The summed E-state index contributed by atoms with van der Waals surface area (Å²) >= 11 is 6.17. The Morgan fingerprint density at radius 2 is 1.90 bits per heavy atom. The zero-order chi connectivity index (χ0) is 22.1. The fourth-order valence-corrected chi connectivity index (χ4v) is 3.59. The number of aromatic nitrogens is 4. The molecule has 0 saturated carbocycles. The molecule has 0 fully saturated rings. The number of benzene rings is 2. The molecule has 1 N–H and O–H groups in total. The Bertz CT molecular complexity index is 1320. The molecule has 4 aromatic rings. The molecular weight excluding hydrogens is 418 g/mol. The first-order valence-corrected chi connectivity index (χ1v) is 9.92. The van der Waals surface area contributed by atoms with Gasteiger partial charge in [-0.1, -0.05) is 23.7 Å². The van der Waals surface area contributed by atoms with Crippen molar-refractivity contribution in [3.8, 4) is 17.0 Å². The maximum Gasteiger partial charge on any atom is 0.352 e. The summed E-state index contributed by atoms with van der Waals surface area (Å²) < 4.78 is 7.68. The lowest BCUT2D eigenvalue weighted by Crippen LogP contribution is -2.29. The van der Waals surface area contributed by atoms with Gasteiger partial charge in [0, 0.05) is 11.6 Å². The van der Waals surface area contributed by atoms with Crippen LogP contribution in [-0.2, 0) is 11.3 Å². The van der Waals surface area contributed by atoms with E-state index >= 15 is 0 Å². The van der Waals surface area contributed by atoms with Crippen LogP contribution in [0.5, 0.6) is 5.75 Å². The minimum absolute atomic E-state index is 0.248. The summed E-state index contributed by atoms with van der Waals surface area (Å²) in [6.45, 7) is 3.32.